The van der Waals surface area contributed by atoms with Crippen LogP contribution < -0.4 is 5.56 Å². The number of rotatable bonds is 3. The summed E-state index contributed by atoms with van der Waals surface area (Å²) in [6, 6.07) is 9.02. The molecule has 0 spiro atoms. The van der Waals surface area contributed by atoms with Crippen molar-refractivity contribution in [3.8, 4) is 0 Å². The van der Waals surface area contributed by atoms with Gasteiger partial charge in [0.2, 0.25) is 0 Å². The molecule has 1 N–H and O–H groups in total. The largest absolute Gasteiger partial charge is 0.386 e. The van der Waals surface area contributed by atoms with Crippen LogP contribution in [0, 0.1) is 0 Å². The zero-order valence-corrected chi connectivity index (χ0v) is 12.6. The number of benzene rings is 1. The molecular formula is C15H12BrN3O2. The fourth-order valence-corrected chi connectivity index (χ4v) is 2.72. The summed E-state index contributed by atoms with van der Waals surface area (Å²) >= 11 is 3.40. The fraction of sp³-hybridized carbons (Fsp3) is 0.133. The lowest BCUT2D eigenvalue weighted by molar-refractivity contribution is 0.154. The molecule has 0 saturated heterocycles. The van der Waals surface area contributed by atoms with Gasteiger partial charge >= 0.3 is 0 Å². The van der Waals surface area contributed by atoms with Gasteiger partial charge in [-0.25, -0.2) is 4.98 Å². The maximum atomic E-state index is 12.4. The molecule has 6 heteroatoms. The second-order valence-electron chi connectivity index (χ2n) is 4.63. The minimum atomic E-state index is -0.792. The number of aromatic nitrogens is 3. The Morgan fingerprint density at radius 3 is 2.90 bits per heavy atom. The Hall–Kier alpha value is -2.05. The van der Waals surface area contributed by atoms with E-state index >= 15 is 0 Å². The lowest BCUT2D eigenvalue weighted by Gasteiger charge is -2.14. The monoisotopic (exact) mass is 345 g/mol. The van der Waals surface area contributed by atoms with Crippen molar-refractivity contribution < 1.29 is 5.11 Å². The molecule has 0 saturated carbocycles. The van der Waals surface area contributed by atoms with E-state index in [2.05, 4.69) is 25.9 Å². The van der Waals surface area contributed by atoms with Crippen molar-refractivity contribution in [2.24, 2.45) is 0 Å². The average Bonchev–Trinajstić information content (AvgIpc) is 2.51. The highest BCUT2D eigenvalue weighted by Gasteiger charge is 2.13. The van der Waals surface area contributed by atoms with Crippen LogP contribution in [0.1, 0.15) is 11.7 Å². The Bertz CT molecular complexity index is 847. The van der Waals surface area contributed by atoms with E-state index in [4.69, 9.17) is 0 Å². The zero-order chi connectivity index (χ0) is 14.8. The van der Waals surface area contributed by atoms with Crippen LogP contribution >= 0.6 is 15.9 Å². The Morgan fingerprint density at radius 1 is 1.29 bits per heavy atom. The molecule has 1 aromatic carbocycles. The smallest absolute Gasteiger partial charge is 0.261 e. The van der Waals surface area contributed by atoms with E-state index in [1.165, 1.54) is 10.9 Å². The molecule has 0 unspecified atom stereocenters. The van der Waals surface area contributed by atoms with E-state index in [9.17, 15) is 9.90 Å². The molecule has 5 nitrogen and oxygen atoms in total. The highest BCUT2D eigenvalue weighted by Crippen LogP contribution is 2.23. The van der Waals surface area contributed by atoms with Crippen LogP contribution in [0.25, 0.3) is 10.9 Å². The van der Waals surface area contributed by atoms with Crippen molar-refractivity contribution in [3.63, 3.8) is 0 Å². The molecule has 3 rings (SSSR count). The number of pyridine rings is 1. The van der Waals surface area contributed by atoms with E-state index in [-0.39, 0.29) is 12.1 Å². The minimum absolute atomic E-state index is 0.146. The summed E-state index contributed by atoms with van der Waals surface area (Å²) in [5.74, 6) is 0. The quantitative estimate of drug-likeness (QED) is 0.790. The second-order valence-corrected chi connectivity index (χ2v) is 5.49. The van der Waals surface area contributed by atoms with Crippen LogP contribution in [-0.2, 0) is 6.54 Å². The van der Waals surface area contributed by atoms with Gasteiger partial charge in [0.25, 0.3) is 5.56 Å². The van der Waals surface area contributed by atoms with Gasteiger partial charge in [-0.1, -0.05) is 34.1 Å². The number of halogens is 1. The molecule has 2 aromatic heterocycles. The molecule has 0 fully saturated rings. The number of aliphatic hydroxyl groups is 1. The predicted molar refractivity (Wildman–Crippen MR) is 82.9 cm³/mol. The molecule has 3 aromatic rings. The Morgan fingerprint density at radius 2 is 2.10 bits per heavy atom. The normalized spacial score (nSPS) is 12.5. The summed E-state index contributed by atoms with van der Waals surface area (Å²) in [6.45, 7) is 0.146. The maximum Gasteiger partial charge on any atom is 0.261 e. The van der Waals surface area contributed by atoms with Crippen LogP contribution in [-0.4, -0.2) is 19.6 Å². The molecule has 21 heavy (non-hydrogen) atoms. The van der Waals surface area contributed by atoms with Gasteiger partial charge in [-0.05, 0) is 17.7 Å². The second kappa shape index (κ2) is 5.75. The van der Waals surface area contributed by atoms with Gasteiger partial charge in [0.15, 0.2) is 0 Å². The standard InChI is InChI=1S/C15H12BrN3O2/c16-12-4-2-1-3-10(12)14(20)8-19-9-18-13-7-17-6-5-11(13)15(19)21/h1-7,9,14,20H,8H2/t14-/m1/s1. The molecule has 0 aliphatic rings. The summed E-state index contributed by atoms with van der Waals surface area (Å²) < 4.78 is 2.22. The zero-order valence-electron chi connectivity index (χ0n) is 11.0. The fourth-order valence-electron chi connectivity index (χ4n) is 2.17. The highest BCUT2D eigenvalue weighted by molar-refractivity contribution is 9.10. The van der Waals surface area contributed by atoms with Gasteiger partial charge in [0.1, 0.15) is 0 Å². The van der Waals surface area contributed by atoms with Crippen molar-refractivity contribution in [1.29, 1.82) is 0 Å². The van der Waals surface area contributed by atoms with Gasteiger partial charge in [-0.2, -0.15) is 0 Å². The van der Waals surface area contributed by atoms with Crippen molar-refractivity contribution in [1.82, 2.24) is 14.5 Å². The first kappa shape index (κ1) is 13.9. The molecular weight excluding hydrogens is 334 g/mol. The van der Waals surface area contributed by atoms with Crippen LogP contribution in [0.4, 0.5) is 0 Å². The van der Waals surface area contributed by atoms with Gasteiger partial charge in [0, 0.05) is 10.7 Å². The number of fused-ring (bicyclic) bond motifs is 1. The summed E-state index contributed by atoms with van der Waals surface area (Å²) in [5, 5.41) is 10.8. The predicted octanol–water partition coefficient (Wildman–Crippen LogP) is 2.29. The first-order valence-corrected chi connectivity index (χ1v) is 7.18. The van der Waals surface area contributed by atoms with Gasteiger partial charge in [0.05, 0.1) is 36.1 Å². The van der Waals surface area contributed by atoms with Crippen LogP contribution in [0.15, 0.2) is 58.3 Å². The highest BCUT2D eigenvalue weighted by atomic mass is 79.9. The maximum absolute atomic E-state index is 12.4. The van der Waals surface area contributed by atoms with Crippen LogP contribution in [0.2, 0.25) is 0 Å². The van der Waals surface area contributed by atoms with E-state index in [0.717, 1.165) is 10.0 Å². The van der Waals surface area contributed by atoms with Crippen LogP contribution in [0.5, 0.6) is 0 Å². The third-order valence-electron chi connectivity index (χ3n) is 3.26. The van der Waals surface area contributed by atoms with Gasteiger partial charge in [-0.3, -0.25) is 14.3 Å². The molecule has 0 aliphatic heterocycles. The van der Waals surface area contributed by atoms with E-state index in [0.29, 0.717) is 10.9 Å². The summed E-state index contributed by atoms with van der Waals surface area (Å²) in [4.78, 5) is 20.5. The van der Waals surface area contributed by atoms with Crippen molar-refractivity contribution >= 4 is 26.8 Å². The molecule has 0 radical (unpaired) electrons. The van der Waals surface area contributed by atoms with Crippen molar-refractivity contribution in [2.45, 2.75) is 12.6 Å². The molecule has 0 aliphatic carbocycles. The van der Waals surface area contributed by atoms with Gasteiger partial charge in [-0.15, -0.1) is 0 Å². The third-order valence-corrected chi connectivity index (χ3v) is 3.98. The summed E-state index contributed by atoms with van der Waals surface area (Å²) in [5.41, 5.74) is 1.10. The first-order chi connectivity index (χ1) is 10.2. The number of aliphatic hydroxyl groups excluding tert-OH is 1. The number of nitrogens with zero attached hydrogens (tertiary/aromatic N) is 3. The minimum Gasteiger partial charge on any atom is -0.386 e. The van der Waals surface area contributed by atoms with E-state index in [1.807, 2.05) is 24.3 Å². The molecule has 106 valence electrons. The summed E-state index contributed by atoms with van der Waals surface area (Å²) in [7, 11) is 0. The Balaban J connectivity index is 1.97. The third kappa shape index (κ3) is 2.72. The molecule has 1 atom stereocenters. The van der Waals surface area contributed by atoms with E-state index in [1.54, 1.807) is 18.5 Å². The Labute approximate surface area is 129 Å². The summed E-state index contributed by atoms with van der Waals surface area (Å²) in [6.07, 6.45) is 3.75. The van der Waals surface area contributed by atoms with Gasteiger partial charge < -0.3 is 5.11 Å². The van der Waals surface area contributed by atoms with E-state index < -0.39 is 6.10 Å². The molecule has 0 bridgehead atoms. The Kier molecular flexibility index (Phi) is 3.81. The van der Waals surface area contributed by atoms with Crippen molar-refractivity contribution in [3.05, 3.63) is 69.4 Å². The lowest BCUT2D eigenvalue weighted by Crippen LogP contribution is -2.24. The molecule has 2 heterocycles. The topological polar surface area (TPSA) is 68.0 Å². The van der Waals surface area contributed by atoms with Crippen molar-refractivity contribution in [2.75, 3.05) is 0 Å². The SMILES string of the molecule is O=c1c2ccncc2ncn1C[C@@H](O)c1ccccc1Br. The van der Waals surface area contributed by atoms with Crippen LogP contribution in [0.3, 0.4) is 0 Å². The first-order valence-electron chi connectivity index (χ1n) is 6.38. The number of hydrogen-bond acceptors (Lipinski definition) is 4. The number of hydrogen-bond donors (Lipinski definition) is 1. The molecule has 0 amide bonds. The lowest BCUT2D eigenvalue weighted by atomic mass is 10.1. The average molecular weight is 346 g/mol.